The fourth-order valence-corrected chi connectivity index (χ4v) is 1.42. The van der Waals surface area contributed by atoms with Gasteiger partial charge in [-0.1, -0.05) is 0 Å². The summed E-state index contributed by atoms with van der Waals surface area (Å²) in [6.45, 7) is 1.75. The van der Waals surface area contributed by atoms with Crippen LogP contribution in [-0.4, -0.2) is 29.2 Å². The molecule has 0 atom stereocenters. The van der Waals surface area contributed by atoms with E-state index in [1.165, 1.54) is 26.6 Å². The first-order chi connectivity index (χ1) is 9.13. The van der Waals surface area contributed by atoms with E-state index in [2.05, 4.69) is 15.0 Å². The van der Waals surface area contributed by atoms with Crippen molar-refractivity contribution in [3.63, 3.8) is 0 Å². The van der Waals surface area contributed by atoms with Gasteiger partial charge >= 0.3 is 0 Å². The highest BCUT2D eigenvalue weighted by atomic mass is 16.5. The summed E-state index contributed by atoms with van der Waals surface area (Å²) in [6, 6.07) is 1.60. The lowest BCUT2D eigenvalue weighted by atomic mass is 10.4. The van der Waals surface area contributed by atoms with Gasteiger partial charge in [-0.3, -0.25) is 0 Å². The number of rotatable bonds is 4. The third kappa shape index (κ3) is 2.82. The average Bonchev–Trinajstić information content (AvgIpc) is 2.41. The predicted octanol–water partition coefficient (Wildman–Crippen LogP) is 1.57. The molecule has 2 aromatic rings. The van der Waals surface area contributed by atoms with Crippen molar-refractivity contribution in [1.82, 2.24) is 15.0 Å². The van der Waals surface area contributed by atoms with Crippen LogP contribution in [0.15, 0.2) is 18.5 Å². The largest absolute Gasteiger partial charge is 0.491 e. The molecule has 2 N–H and O–H groups in total. The standard InChI is InChI=1S/C12H14N4O3/c1-7-14-6-10(12(13)16-7)19-8-4-11(18-3)15-5-9(8)17-2/h4-6H,1-3H3,(H2,13,14,16). The summed E-state index contributed by atoms with van der Waals surface area (Å²) >= 11 is 0. The number of nitrogen functional groups attached to an aromatic ring is 1. The number of aryl methyl sites for hydroxylation is 1. The first-order valence-electron chi connectivity index (χ1n) is 5.49. The Labute approximate surface area is 110 Å². The van der Waals surface area contributed by atoms with Gasteiger partial charge in [-0.2, -0.15) is 0 Å². The van der Waals surface area contributed by atoms with Crippen molar-refractivity contribution in [2.45, 2.75) is 6.92 Å². The van der Waals surface area contributed by atoms with Gasteiger partial charge in [0.2, 0.25) is 5.88 Å². The molecule has 0 aliphatic rings. The molecule has 7 heteroatoms. The fourth-order valence-electron chi connectivity index (χ4n) is 1.42. The van der Waals surface area contributed by atoms with Crippen molar-refractivity contribution in [2.24, 2.45) is 0 Å². The highest BCUT2D eigenvalue weighted by molar-refractivity contribution is 5.50. The summed E-state index contributed by atoms with van der Waals surface area (Å²) in [4.78, 5) is 12.1. The van der Waals surface area contributed by atoms with Crippen molar-refractivity contribution in [3.8, 4) is 23.1 Å². The highest BCUT2D eigenvalue weighted by Crippen LogP contribution is 2.34. The number of aromatic nitrogens is 3. The monoisotopic (exact) mass is 262 g/mol. The SMILES string of the molecule is COc1cc(Oc2cnc(C)nc2N)c(OC)cn1. The van der Waals surface area contributed by atoms with E-state index in [4.69, 9.17) is 19.9 Å². The van der Waals surface area contributed by atoms with Crippen molar-refractivity contribution in [2.75, 3.05) is 20.0 Å². The minimum atomic E-state index is 0.255. The molecular weight excluding hydrogens is 248 g/mol. The fraction of sp³-hybridized carbons (Fsp3) is 0.250. The number of nitrogens with zero attached hydrogens (tertiary/aromatic N) is 3. The molecule has 0 bridgehead atoms. The van der Waals surface area contributed by atoms with Gasteiger partial charge in [0, 0.05) is 6.07 Å². The molecule has 0 aromatic carbocycles. The molecule has 0 aliphatic carbocycles. The lowest BCUT2D eigenvalue weighted by molar-refractivity contribution is 0.362. The summed E-state index contributed by atoms with van der Waals surface area (Å²) in [6.07, 6.45) is 3.00. The van der Waals surface area contributed by atoms with Gasteiger partial charge in [0.05, 0.1) is 26.6 Å². The summed E-state index contributed by atoms with van der Waals surface area (Å²) in [5.74, 6) is 2.46. The van der Waals surface area contributed by atoms with E-state index in [0.717, 1.165) is 0 Å². The number of ether oxygens (including phenoxy) is 3. The van der Waals surface area contributed by atoms with Gasteiger partial charge in [-0.05, 0) is 6.92 Å². The summed E-state index contributed by atoms with van der Waals surface area (Å²) in [7, 11) is 3.04. The van der Waals surface area contributed by atoms with Crippen molar-refractivity contribution >= 4 is 5.82 Å². The summed E-state index contributed by atoms with van der Waals surface area (Å²) in [5.41, 5.74) is 5.77. The molecule has 2 rings (SSSR count). The van der Waals surface area contributed by atoms with Crippen LogP contribution in [0.2, 0.25) is 0 Å². The molecule has 0 aliphatic heterocycles. The summed E-state index contributed by atoms with van der Waals surface area (Å²) in [5, 5.41) is 0. The zero-order chi connectivity index (χ0) is 13.8. The molecule has 0 amide bonds. The molecule has 0 saturated heterocycles. The quantitative estimate of drug-likeness (QED) is 0.893. The Morgan fingerprint density at radius 1 is 1.00 bits per heavy atom. The van der Waals surface area contributed by atoms with Crippen LogP contribution in [0.5, 0.6) is 23.1 Å². The van der Waals surface area contributed by atoms with Crippen molar-refractivity contribution < 1.29 is 14.2 Å². The Hall–Kier alpha value is -2.57. The molecule has 0 saturated carbocycles. The van der Waals surface area contributed by atoms with Crippen LogP contribution in [0.25, 0.3) is 0 Å². The number of methoxy groups -OCH3 is 2. The first-order valence-corrected chi connectivity index (χ1v) is 5.49. The Balaban J connectivity index is 2.36. The second-order valence-corrected chi connectivity index (χ2v) is 3.65. The molecule has 2 aromatic heterocycles. The molecular formula is C12H14N4O3. The highest BCUT2D eigenvalue weighted by Gasteiger charge is 2.11. The number of hydrogen-bond acceptors (Lipinski definition) is 7. The van der Waals surface area contributed by atoms with E-state index in [9.17, 15) is 0 Å². The number of nitrogens with two attached hydrogens (primary N) is 1. The van der Waals surface area contributed by atoms with Crippen LogP contribution in [0.1, 0.15) is 5.82 Å². The zero-order valence-corrected chi connectivity index (χ0v) is 10.9. The minimum Gasteiger partial charge on any atom is -0.491 e. The van der Waals surface area contributed by atoms with Gasteiger partial charge in [-0.25, -0.2) is 15.0 Å². The maximum atomic E-state index is 5.77. The smallest absolute Gasteiger partial charge is 0.216 e. The van der Waals surface area contributed by atoms with E-state index in [1.807, 2.05) is 0 Å². The van der Waals surface area contributed by atoms with Gasteiger partial charge < -0.3 is 19.9 Å². The number of hydrogen-bond donors (Lipinski definition) is 1. The van der Waals surface area contributed by atoms with E-state index < -0.39 is 0 Å². The molecule has 100 valence electrons. The molecule has 7 nitrogen and oxygen atoms in total. The maximum Gasteiger partial charge on any atom is 0.216 e. The lowest BCUT2D eigenvalue weighted by Gasteiger charge is -2.11. The van der Waals surface area contributed by atoms with Gasteiger partial charge in [0.25, 0.3) is 0 Å². The Morgan fingerprint density at radius 2 is 1.74 bits per heavy atom. The average molecular weight is 262 g/mol. The van der Waals surface area contributed by atoms with E-state index in [-0.39, 0.29) is 5.82 Å². The van der Waals surface area contributed by atoms with Gasteiger partial charge in [-0.15, -0.1) is 0 Å². The molecule has 19 heavy (non-hydrogen) atoms. The first kappa shape index (κ1) is 12.9. The second-order valence-electron chi connectivity index (χ2n) is 3.65. The van der Waals surface area contributed by atoms with Gasteiger partial charge in [0.15, 0.2) is 23.1 Å². The van der Waals surface area contributed by atoms with E-state index >= 15 is 0 Å². The van der Waals surface area contributed by atoms with Crippen LogP contribution < -0.4 is 19.9 Å². The van der Waals surface area contributed by atoms with Crippen LogP contribution in [0, 0.1) is 6.92 Å². The van der Waals surface area contributed by atoms with E-state index in [0.29, 0.717) is 29.0 Å². The lowest BCUT2D eigenvalue weighted by Crippen LogP contribution is -2.00. The second kappa shape index (κ2) is 5.38. The van der Waals surface area contributed by atoms with Crippen molar-refractivity contribution in [3.05, 3.63) is 24.3 Å². The Morgan fingerprint density at radius 3 is 2.37 bits per heavy atom. The summed E-state index contributed by atoms with van der Waals surface area (Å²) < 4.78 is 15.8. The molecule has 2 heterocycles. The van der Waals surface area contributed by atoms with Crippen LogP contribution in [-0.2, 0) is 0 Å². The zero-order valence-electron chi connectivity index (χ0n) is 10.9. The number of anilines is 1. The normalized spacial score (nSPS) is 10.1. The number of pyridine rings is 1. The minimum absolute atomic E-state index is 0.255. The Bertz CT molecular complexity index is 589. The van der Waals surface area contributed by atoms with Crippen LogP contribution in [0.4, 0.5) is 5.82 Å². The van der Waals surface area contributed by atoms with E-state index in [1.54, 1.807) is 13.0 Å². The third-order valence-electron chi connectivity index (χ3n) is 2.36. The topological polar surface area (TPSA) is 92.4 Å². The van der Waals surface area contributed by atoms with Crippen LogP contribution in [0.3, 0.4) is 0 Å². The Kier molecular flexibility index (Phi) is 3.65. The maximum absolute atomic E-state index is 5.77. The van der Waals surface area contributed by atoms with Crippen molar-refractivity contribution in [1.29, 1.82) is 0 Å². The predicted molar refractivity (Wildman–Crippen MR) is 68.6 cm³/mol. The third-order valence-corrected chi connectivity index (χ3v) is 2.36. The molecule has 0 radical (unpaired) electrons. The van der Waals surface area contributed by atoms with Gasteiger partial charge in [0.1, 0.15) is 5.82 Å². The molecule has 0 unspecified atom stereocenters. The van der Waals surface area contributed by atoms with Crippen LogP contribution >= 0.6 is 0 Å². The molecule has 0 fully saturated rings. The molecule has 0 spiro atoms.